The highest BCUT2D eigenvalue weighted by Crippen LogP contribution is 2.45. The van der Waals surface area contributed by atoms with Gasteiger partial charge in [0.25, 0.3) is 0 Å². The summed E-state index contributed by atoms with van der Waals surface area (Å²) >= 11 is 0. The SMILES string of the molecule is C(#CCN1CCOCC1)CC1CC2CCC(C1)C2. The lowest BCUT2D eigenvalue weighted by atomic mass is 9.79. The van der Waals surface area contributed by atoms with Gasteiger partial charge in [-0.2, -0.15) is 0 Å². The first-order valence-corrected chi connectivity index (χ1v) is 7.66. The second-order valence-corrected chi connectivity index (χ2v) is 6.33. The van der Waals surface area contributed by atoms with Gasteiger partial charge in [-0.05, 0) is 37.0 Å². The molecule has 0 aromatic heterocycles. The van der Waals surface area contributed by atoms with E-state index in [0.717, 1.165) is 57.0 Å². The van der Waals surface area contributed by atoms with Crippen molar-refractivity contribution in [2.24, 2.45) is 17.8 Å². The molecule has 0 amide bonds. The van der Waals surface area contributed by atoms with Crippen molar-refractivity contribution in [3.05, 3.63) is 0 Å². The lowest BCUT2D eigenvalue weighted by Gasteiger charge is -2.26. The molecule has 2 heteroatoms. The van der Waals surface area contributed by atoms with Crippen LogP contribution in [0.1, 0.15) is 38.5 Å². The van der Waals surface area contributed by atoms with Crippen LogP contribution in [0.15, 0.2) is 0 Å². The van der Waals surface area contributed by atoms with Crippen molar-refractivity contribution in [1.82, 2.24) is 4.90 Å². The molecule has 18 heavy (non-hydrogen) atoms. The van der Waals surface area contributed by atoms with Gasteiger partial charge < -0.3 is 4.74 Å². The number of ether oxygens (including phenoxy) is 1. The maximum atomic E-state index is 5.34. The molecule has 0 spiro atoms. The summed E-state index contributed by atoms with van der Waals surface area (Å²) in [4.78, 5) is 2.40. The molecule has 2 atom stereocenters. The molecule has 0 radical (unpaired) electrons. The normalized spacial score (nSPS) is 36.1. The van der Waals surface area contributed by atoms with Crippen LogP contribution >= 0.6 is 0 Å². The molecule has 100 valence electrons. The summed E-state index contributed by atoms with van der Waals surface area (Å²) in [6.45, 7) is 4.83. The third-order valence-electron chi connectivity index (χ3n) is 4.91. The molecule has 0 aromatic carbocycles. The summed E-state index contributed by atoms with van der Waals surface area (Å²) < 4.78 is 5.34. The fourth-order valence-electron chi connectivity index (χ4n) is 3.96. The molecule has 2 nitrogen and oxygen atoms in total. The van der Waals surface area contributed by atoms with Gasteiger partial charge in [0.1, 0.15) is 0 Å². The lowest BCUT2D eigenvalue weighted by molar-refractivity contribution is 0.0443. The molecule has 0 N–H and O–H groups in total. The van der Waals surface area contributed by atoms with E-state index in [0.29, 0.717) is 0 Å². The molecule has 2 aliphatic carbocycles. The second kappa shape index (κ2) is 6.08. The van der Waals surface area contributed by atoms with Crippen molar-refractivity contribution in [2.45, 2.75) is 38.5 Å². The Labute approximate surface area is 111 Å². The second-order valence-electron chi connectivity index (χ2n) is 6.33. The number of morpholine rings is 1. The summed E-state index contributed by atoms with van der Waals surface area (Å²) in [6.07, 6.45) is 8.60. The number of rotatable bonds is 2. The molecule has 2 bridgehead atoms. The standard InChI is InChI=1S/C16H25NO/c1(2-6-17-7-9-18-10-8-17)3-14-11-15-4-5-16(12-14)13-15/h14-16H,3-13H2. The van der Waals surface area contributed by atoms with Crippen LogP contribution in [0, 0.1) is 29.6 Å². The van der Waals surface area contributed by atoms with Crippen LogP contribution in [0.5, 0.6) is 0 Å². The van der Waals surface area contributed by atoms with Gasteiger partial charge in [-0.15, -0.1) is 5.92 Å². The topological polar surface area (TPSA) is 12.5 Å². The highest BCUT2D eigenvalue weighted by molar-refractivity contribution is 5.03. The van der Waals surface area contributed by atoms with E-state index in [2.05, 4.69) is 16.7 Å². The average Bonchev–Trinajstić information content (AvgIpc) is 2.75. The lowest BCUT2D eigenvalue weighted by Crippen LogP contribution is -2.36. The van der Waals surface area contributed by atoms with Crippen LogP contribution in [0.3, 0.4) is 0 Å². The maximum absolute atomic E-state index is 5.34. The summed E-state index contributed by atoms with van der Waals surface area (Å²) in [6, 6.07) is 0. The van der Waals surface area contributed by atoms with Gasteiger partial charge >= 0.3 is 0 Å². The Kier molecular flexibility index (Phi) is 4.23. The largest absolute Gasteiger partial charge is 0.379 e. The summed E-state index contributed by atoms with van der Waals surface area (Å²) in [5.41, 5.74) is 0. The summed E-state index contributed by atoms with van der Waals surface area (Å²) in [7, 11) is 0. The molecule has 3 rings (SSSR count). The van der Waals surface area contributed by atoms with Gasteiger partial charge in [0.15, 0.2) is 0 Å². The highest BCUT2D eigenvalue weighted by atomic mass is 16.5. The Bertz CT molecular complexity index is 312. The Hall–Kier alpha value is -0.520. The average molecular weight is 247 g/mol. The van der Waals surface area contributed by atoms with Gasteiger partial charge in [0, 0.05) is 19.5 Å². The van der Waals surface area contributed by atoms with E-state index in [4.69, 9.17) is 4.74 Å². The first-order valence-electron chi connectivity index (χ1n) is 7.66. The molecule has 1 heterocycles. The zero-order valence-electron chi connectivity index (χ0n) is 11.4. The van der Waals surface area contributed by atoms with E-state index in [1.54, 1.807) is 0 Å². The number of nitrogens with zero attached hydrogens (tertiary/aromatic N) is 1. The van der Waals surface area contributed by atoms with Crippen molar-refractivity contribution in [2.75, 3.05) is 32.8 Å². The Morgan fingerprint density at radius 3 is 2.39 bits per heavy atom. The Morgan fingerprint density at radius 2 is 1.67 bits per heavy atom. The predicted molar refractivity (Wildman–Crippen MR) is 73.2 cm³/mol. The quantitative estimate of drug-likeness (QED) is 0.695. The van der Waals surface area contributed by atoms with Crippen molar-refractivity contribution >= 4 is 0 Å². The molecule has 0 aromatic rings. The van der Waals surface area contributed by atoms with E-state index in [9.17, 15) is 0 Å². The third-order valence-corrected chi connectivity index (χ3v) is 4.91. The Balaban J connectivity index is 1.38. The molecule has 3 fully saturated rings. The fourth-order valence-corrected chi connectivity index (χ4v) is 3.96. The maximum Gasteiger partial charge on any atom is 0.0603 e. The van der Waals surface area contributed by atoms with Crippen molar-refractivity contribution in [3.63, 3.8) is 0 Å². The van der Waals surface area contributed by atoms with Crippen molar-refractivity contribution in [3.8, 4) is 11.8 Å². The van der Waals surface area contributed by atoms with Crippen LogP contribution in [-0.4, -0.2) is 37.7 Å². The Morgan fingerprint density at radius 1 is 0.944 bits per heavy atom. The smallest absolute Gasteiger partial charge is 0.0603 e. The van der Waals surface area contributed by atoms with Crippen LogP contribution in [0.2, 0.25) is 0 Å². The minimum absolute atomic E-state index is 0.883. The van der Waals surface area contributed by atoms with Crippen LogP contribution < -0.4 is 0 Å². The van der Waals surface area contributed by atoms with Crippen molar-refractivity contribution in [1.29, 1.82) is 0 Å². The van der Waals surface area contributed by atoms with Gasteiger partial charge in [-0.1, -0.05) is 18.8 Å². The van der Waals surface area contributed by atoms with Crippen LogP contribution in [0.25, 0.3) is 0 Å². The zero-order valence-corrected chi connectivity index (χ0v) is 11.4. The van der Waals surface area contributed by atoms with E-state index < -0.39 is 0 Å². The molecule has 3 aliphatic rings. The molecule has 1 aliphatic heterocycles. The van der Waals surface area contributed by atoms with E-state index in [1.165, 1.54) is 32.1 Å². The number of hydrogen-bond donors (Lipinski definition) is 0. The van der Waals surface area contributed by atoms with Gasteiger partial charge in [-0.25, -0.2) is 0 Å². The molecular formula is C16H25NO. The van der Waals surface area contributed by atoms with Gasteiger partial charge in [-0.3, -0.25) is 4.90 Å². The predicted octanol–water partition coefficient (Wildman–Crippen LogP) is 2.54. The molecule has 1 saturated heterocycles. The molecule has 2 unspecified atom stereocenters. The van der Waals surface area contributed by atoms with E-state index >= 15 is 0 Å². The van der Waals surface area contributed by atoms with Gasteiger partial charge in [0.05, 0.1) is 19.8 Å². The first kappa shape index (κ1) is 12.5. The van der Waals surface area contributed by atoms with E-state index in [1.807, 2.05) is 0 Å². The molecular weight excluding hydrogens is 222 g/mol. The number of hydrogen-bond acceptors (Lipinski definition) is 2. The first-order chi connectivity index (χ1) is 8.90. The molecule has 2 saturated carbocycles. The number of fused-ring (bicyclic) bond motifs is 2. The minimum Gasteiger partial charge on any atom is -0.379 e. The minimum atomic E-state index is 0.883. The van der Waals surface area contributed by atoms with E-state index in [-0.39, 0.29) is 0 Å². The zero-order chi connectivity index (χ0) is 12.2. The fraction of sp³-hybridized carbons (Fsp3) is 0.875. The monoisotopic (exact) mass is 247 g/mol. The highest BCUT2D eigenvalue weighted by Gasteiger charge is 2.33. The summed E-state index contributed by atoms with van der Waals surface area (Å²) in [5, 5.41) is 0. The van der Waals surface area contributed by atoms with Gasteiger partial charge in [0.2, 0.25) is 0 Å². The third kappa shape index (κ3) is 3.28. The van der Waals surface area contributed by atoms with Crippen LogP contribution in [-0.2, 0) is 4.74 Å². The summed E-state index contributed by atoms with van der Waals surface area (Å²) in [5.74, 6) is 9.82. The van der Waals surface area contributed by atoms with Crippen molar-refractivity contribution < 1.29 is 4.74 Å². The van der Waals surface area contributed by atoms with Crippen LogP contribution in [0.4, 0.5) is 0 Å².